The van der Waals surface area contributed by atoms with E-state index in [0.29, 0.717) is 15.6 Å². The minimum atomic E-state index is -0.850. The summed E-state index contributed by atoms with van der Waals surface area (Å²) in [6.07, 6.45) is 0. The zero-order valence-corrected chi connectivity index (χ0v) is 11.2. The van der Waals surface area contributed by atoms with Crippen molar-refractivity contribution in [2.75, 3.05) is 13.7 Å². The molecule has 5 heteroatoms. The van der Waals surface area contributed by atoms with E-state index in [0.717, 1.165) is 0 Å². The Balaban J connectivity index is 3.10. The average Bonchev–Trinajstić information content (AvgIpc) is 2.29. The third-order valence-corrected chi connectivity index (χ3v) is 2.75. The van der Waals surface area contributed by atoms with Crippen LogP contribution in [0.3, 0.4) is 0 Å². The summed E-state index contributed by atoms with van der Waals surface area (Å²) in [5.41, 5.74) is 0.952. The van der Waals surface area contributed by atoms with Gasteiger partial charge in [0.25, 0.3) is 5.78 Å². The van der Waals surface area contributed by atoms with Crippen LogP contribution in [-0.4, -0.2) is 25.5 Å². The monoisotopic (exact) mass is 300 g/mol. The number of rotatable bonds is 5. The Morgan fingerprint density at radius 3 is 2.65 bits per heavy atom. The van der Waals surface area contributed by atoms with Crippen LogP contribution >= 0.6 is 15.9 Å². The largest absolute Gasteiger partial charge is 0.460 e. The molecule has 0 bridgehead atoms. The van der Waals surface area contributed by atoms with Crippen molar-refractivity contribution in [1.82, 2.24) is 0 Å². The molecular weight excluding hydrogens is 288 g/mol. The normalized spacial score (nSPS) is 10.1. The van der Waals surface area contributed by atoms with Gasteiger partial charge in [0.05, 0.1) is 13.2 Å². The topological polar surface area (TPSA) is 52.6 Å². The van der Waals surface area contributed by atoms with E-state index >= 15 is 0 Å². The number of Topliss-reactive ketones (excluding diaryl/α,β-unsaturated/α-hetero) is 1. The Bertz CT molecular complexity index is 429. The Hall–Kier alpha value is -1.20. The minimum Gasteiger partial charge on any atom is -0.460 e. The van der Waals surface area contributed by atoms with Gasteiger partial charge in [-0.05, 0) is 18.6 Å². The maximum Gasteiger partial charge on any atom is 0.379 e. The summed E-state index contributed by atoms with van der Waals surface area (Å²) in [5.74, 6) is -1.51. The van der Waals surface area contributed by atoms with Crippen LogP contribution in [0.5, 0.6) is 0 Å². The molecule has 0 spiro atoms. The number of benzene rings is 1. The molecule has 0 N–H and O–H groups in total. The van der Waals surface area contributed by atoms with Crippen molar-refractivity contribution < 1.29 is 19.1 Å². The Labute approximate surface area is 108 Å². The number of ketones is 1. The SMILES string of the molecule is CCOC(=O)C(=O)c1c(Br)cccc1COC. The van der Waals surface area contributed by atoms with Crippen molar-refractivity contribution in [3.05, 3.63) is 33.8 Å². The highest BCUT2D eigenvalue weighted by Gasteiger charge is 2.23. The van der Waals surface area contributed by atoms with Gasteiger partial charge >= 0.3 is 5.97 Å². The number of hydrogen-bond donors (Lipinski definition) is 0. The Kier molecular flexibility index (Phi) is 5.31. The molecule has 0 aliphatic heterocycles. The molecule has 17 heavy (non-hydrogen) atoms. The molecule has 0 radical (unpaired) electrons. The molecule has 0 unspecified atom stereocenters. The number of carbonyl (C=O) groups is 2. The lowest BCUT2D eigenvalue weighted by Gasteiger charge is -2.09. The summed E-state index contributed by atoms with van der Waals surface area (Å²) in [4.78, 5) is 23.3. The van der Waals surface area contributed by atoms with Crippen molar-refractivity contribution in [3.8, 4) is 0 Å². The van der Waals surface area contributed by atoms with Crippen LogP contribution in [0.4, 0.5) is 0 Å². The third-order valence-electron chi connectivity index (χ3n) is 2.09. The fourth-order valence-corrected chi connectivity index (χ4v) is 1.98. The van der Waals surface area contributed by atoms with Gasteiger partial charge in [-0.25, -0.2) is 4.79 Å². The quantitative estimate of drug-likeness (QED) is 0.476. The van der Waals surface area contributed by atoms with Crippen LogP contribution in [0, 0.1) is 0 Å². The number of carbonyl (C=O) groups excluding carboxylic acids is 2. The van der Waals surface area contributed by atoms with Gasteiger partial charge in [0.1, 0.15) is 0 Å². The second-order valence-electron chi connectivity index (χ2n) is 3.26. The van der Waals surface area contributed by atoms with Gasteiger partial charge in [0, 0.05) is 17.1 Å². The molecule has 0 saturated carbocycles. The van der Waals surface area contributed by atoms with E-state index in [-0.39, 0.29) is 13.2 Å². The Morgan fingerprint density at radius 1 is 1.35 bits per heavy atom. The summed E-state index contributed by atoms with van der Waals surface area (Å²) in [5, 5.41) is 0. The lowest BCUT2D eigenvalue weighted by atomic mass is 10.0. The molecule has 0 aliphatic carbocycles. The summed E-state index contributed by atoms with van der Waals surface area (Å²) in [6, 6.07) is 5.21. The van der Waals surface area contributed by atoms with Crippen LogP contribution in [0.15, 0.2) is 22.7 Å². The van der Waals surface area contributed by atoms with Crippen LogP contribution in [-0.2, 0) is 20.9 Å². The lowest BCUT2D eigenvalue weighted by Crippen LogP contribution is -2.19. The summed E-state index contributed by atoms with van der Waals surface area (Å²) in [6.45, 7) is 2.09. The van der Waals surface area contributed by atoms with E-state index in [4.69, 9.17) is 9.47 Å². The first-order valence-electron chi connectivity index (χ1n) is 5.09. The zero-order chi connectivity index (χ0) is 12.8. The molecule has 92 valence electrons. The van der Waals surface area contributed by atoms with Gasteiger partial charge in [-0.1, -0.05) is 28.1 Å². The molecule has 1 aromatic carbocycles. The predicted molar refractivity (Wildman–Crippen MR) is 65.8 cm³/mol. The second kappa shape index (κ2) is 6.51. The highest BCUT2D eigenvalue weighted by molar-refractivity contribution is 9.10. The van der Waals surface area contributed by atoms with E-state index in [9.17, 15) is 9.59 Å². The first-order valence-corrected chi connectivity index (χ1v) is 5.88. The number of esters is 1. The first kappa shape index (κ1) is 13.9. The van der Waals surface area contributed by atoms with Gasteiger partial charge in [-0.2, -0.15) is 0 Å². The van der Waals surface area contributed by atoms with E-state index in [2.05, 4.69) is 15.9 Å². The first-order chi connectivity index (χ1) is 8.11. The Morgan fingerprint density at radius 2 is 2.06 bits per heavy atom. The standard InChI is InChI=1S/C12H13BrO4/c1-3-17-12(15)11(14)10-8(7-16-2)5-4-6-9(10)13/h4-6H,3,7H2,1-2H3. The van der Waals surface area contributed by atoms with Gasteiger partial charge in [0.2, 0.25) is 0 Å². The molecule has 0 fully saturated rings. The van der Waals surface area contributed by atoms with Gasteiger partial charge in [-0.15, -0.1) is 0 Å². The van der Waals surface area contributed by atoms with E-state index in [1.54, 1.807) is 25.1 Å². The summed E-state index contributed by atoms with van der Waals surface area (Å²) < 4.78 is 10.2. The van der Waals surface area contributed by atoms with Crippen molar-refractivity contribution in [3.63, 3.8) is 0 Å². The molecule has 0 saturated heterocycles. The van der Waals surface area contributed by atoms with Gasteiger partial charge in [0.15, 0.2) is 0 Å². The molecule has 0 aliphatic rings. The molecule has 0 aromatic heterocycles. The van der Waals surface area contributed by atoms with Crippen LogP contribution in [0.25, 0.3) is 0 Å². The van der Waals surface area contributed by atoms with Crippen molar-refractivity contribution in [1.29, 1.82) is 0 Å². The van der Waals surface area contributed by atoms with Crippen LogP contribution in [0.1, 0.15) is 22.8 Å². The number of hydrogen-bond acceptors (Lipinski definition) is 4. The molecule has 0 heterocycles. The van der Waals surface area contributed by atoms with Crippen LogP contribution < -0.4 is 0 Å². The minimum absolute atomic E-state index is 0.175. The average molecular weight is 301 g/mol. The highest BCUT2D eigenvalue weighted by Crippen LogP contribution is 2.22. The number of methoxy groups -OCH3 is 1. The van der Waals surface area contributed by atoms with E-state index < -0.39 is 11.8 Å². The molecule has 1 rings (SSSR count). The van der Waals surface area contributed by atoms with Crippen molar-refractivity contribution in [2.24, 2.45) is 0 Å². The number of ether oxygens (including phenoxy) is 2. The summed E-state index contributed by atoms with van der Waals surface area (Å²) >= 11 is 3.25. The van der Waals surface area contributed by atoms with Crippen molar-refractivity contribution >= 4 is 27.7 Å². The fraction of sp³-hybridized carbons (Fsp3) is 0.333. The van der Waals surface area contributed by atoms with E-state index in [1.807, 2.05) is 0 Å². The molecular formula is C12H13BrO4. The number of halogens is 1. The highest BCUT2D eigenvalue weighted by atomic mass is 79.9. The molecule has 0 atom stereocenters. The molecule has 4 nitrogen and oxygen atoms in total. The fourth-order valence-electron chi connectivity index (χ4n) is 1.40. The summed E-state index contributed by atoms with van der Waals surface area (Å²) in [7, 11) is 1.53. The van der Waals surface area contributed by atoms with E-state index in [1.165, 1.54) is 7.11 Å². The maximum atomic E-state index is 11.9. The predicted octanol–water partition coefficient (Wildman–Crippen LogP) is 2.34. The van der Waals surface area contributed by atoms with Crippen LogP contribution in [0.2, 0.25) is 0 Å². The van der Waals surface area contributed by atoms with Gasteiger partial charge < -0.3 is 9.47 Å². The molecule has 0 amide bonds. The molecule has 1 aromatic rings. The van der Waals surface area contributed by atoms with Crippen molar-refractivity contribution in [2.45, 2.75) is 13.5 Å². The second-order valence-corrected chi connectivity index (χ2v) is 4.11. The maximum absolute atomic E-state index is 11.9. The van der Waals surface area contributed by atoms with Gasteiger partial charge in [-0.3, -0.25) is 4.79 Å². The zero-order valence-electron chi connectivity index (χ0n) is 9.66. The smallest absolute Gasteiger partial charge is 0.379 e. The lowest BCUT2D eigenvalue weighted by molar-refractivity contribution is -0.137. The third kappa shape index (κ3) is 3.38.